The average Bonchev–Trinajstić information content (AvgIpc) is 2.92. The molecule has 1 aliphatic rings. The van der Waals surface area contributed by atoms with Crippen molar-refractivity contribution in [3.63, 3.8) is 0 Å². The van der Waals surface area contributed by atoms with Crippen LogP contribution in [0.4, 0.5) is 16.0 Å². The van der Waals surface area contributed by atoms with Gasteiger partial charge in [0.05, 0.1) is 12.0 Å². The number of halogens is 1. The van der Waals surface area contributed by atoms with Crippen molar-refractivity contribution < 1.29 is 19.0 Å². The fourth-order valence-electron chi connectivity index (χ4n) is 5.16. The molecule has 2 heterocycles. The van der Waals surface area contributed by atoms with Gasteiger partial charge in [-0.1, -0.05) is 38.3 Å². The summed E-state index contributed by atoms with van der Waals surface area (Å²) in [5, 5.41) is 12.6. The zero-order valence-electron chi connectivity index (χ0n) is 22.6. The minimum absolute atomic E-state index is 0.0713. The van der Waals surface area contributed by atoms with Crippen LogP contribution >= 0.6 is 0 Å². The van der Waals surface area contributed by atoms with Gasteiger partial charge in [-0.3, -0.25) is 9.36 Å². The molecular weight excluding hydrogens is 517 g/mol. The summed E-state index contributed by atoms with van der Waals surface area (Å²) < 4.78 is 21.3. The number of ether oxygens (including phenoxy) is 1. The van der Waals surface area contributed by atoms with Gasteiger partial charge < -0.3 is 15.2 Å². The van der Waals surface area contributed by atoms with Crippen molar-refractivity contribution in [1.29, 1.82) is 0 Å². The Labute approximate surface area is 231 Å². The molecule has 1 saturated carbocycles. The molecule has 2 aromatic heterocycles. The van der Waals surface area contributed by atoms with Gasteiger partial charge in [0, 0.05) is 18.3 Å². The van der Waals surface area contributed by atoms with E-state index < -0.39 is 35.3 Å². The zero-order valence-corrected chi connectivity index (χ0v) is 22.6. The fraction of sp³-hybridized carbons (Fsp3) is 0.414. The lowest BCUT2D eigenvalue weighted by molar-refractivity contribution is -0.141. The van der Waals surface area contributed by atoms with Gasteiger partial charge in [0.25, 0.3) is 0 Å². The second kappa shape index (κ2) is 12.7. The van der Waals surface area contributed by atoms with Crippen LogP contribution in [0.3, 0.4) is 0 Å². The van der Waals surface area contributed by atoms with Crippen molar-refractivity contribution in [3.05, 3.63) is 82.0 Å². The molecule has 1 aliphatic carbocycles. The smallest absolute Gasteiger partial charge is 0.355 e. The van der Waals surface area contributed by atoms with Crippen LogP contribution in [0.1, 0.15) is 52.0 Å². The van der Waals surface area contributed by atoms with Crippen LogP contribution in [-0.4, -0.2) is 30.2 Å². The van der Waals surface area contributed by atoms with E-state index in [0.29, 0.717) is 23.9 Å². The molecule has 0 aliphatic heterocycles. The topological polar surface area (TPSA) is 128 Å². The molecule has 0 amide bonds. The Hall–Kier alpha value is -4.28. The maximum Gasteiger partial charge on any atom is 0.355 e. The van der Waals surface area contributed by atoms with Gasteiger partial charge in [-0.15, -0.1) is 6.58 Å². The van der Waals surface area contributed by atoms with Gasteiger partial charge in [-0.2, -0.15) is 14.4 Å². The van der Waals surface area contributed by atoms with Crippen molar-refractivity contribution in [2.45, 2.75) is 58.5 Å². The highest BCUT2D eigenvalue weighted by molar-refractivity contribution is 5.72. The van der Waals surface area contributed by atoms with E-state index in [4.69, 9.17) is 4.74 Å². The highest BCUT2D eigenvalue weighted by Crippen LogP contribution is 2.32. The summed E-state index contributed by atoms with van der Waals surface area (Å²) in [6.07, 6.45) is 6.37. The second-order valence-corrected chi connectivity index (χ2v) is 10.2. The van der Waals surface area contributed by atoms with Crippen LogP contribution in [0, 0.1) is 23.7 Å². The summed E-state index contributed by atoms with van der Waals surface area (Å²) in [5.74, 6) is -1.51. The molecule has 1 aromatic carbocycles. The number of rotatable bonds is 11. The molecule has 2 atom stereocenters. The van der Waals surface area contributed by atoms with Crippen molar-refractivity contribution >= 4 is 17.6 Å². The Morgan fingerprint density at radius 1 is 1.15 bits per heavy atom. The lowest BCUT2D eigenvalue weighted by Gasteiger charge is -2.29. The number of nitrogens with one attached hydrogen (secondary N) is 1. The van der Waals surface area contributed by atoms with Crippen LogP contribution in [-0.2, 0) is 11.3 Å². The summed E-state index contributed by atoms with van der Waals surface area (Å²) in [5.41, 5.74) is -0.941. The van der Waals surface area contributed by atoms with Gasteiger partial charge in [0.15, 0.2) is 0 Å². The highest BCUT2D eigenvalue weighted by Gasteiger charge is 2.29. The highest BCUT2D eigenvalue weighted by atomic mass is 19.1. The van der Waals surface area contributed by atoms with Crippen molar-refractivity contribution in [1.82, 2.24) is 19.1 Å². The first-order valence-electron chi connectivity index (χ1n) is 13.5. The molecule has 0 unspecified atom stereocenters. The zero-order chi connectivity index (χ0) is 28.8. The molecule has 0 bridgehead atoms. The maximum atomic E-state index is 13.7. The number of anilines is 2. The second-order valence-electron chi connectivity index (χ2n) is 10.2. The number of nitrogens with zero attached hydrogens (tertiary/aromatic N) is 4. The number of benzene rings is 1. The SMILES string of the molecule is C=C[C@@H](C(=O)O)[C@H](C)n1c(=O)nc(Nc2ccc(Oc3cccc(F)n3)cc2)n(CC2CCC(CC)CC2)c1=O. The third-order valence-corrected chi connectivity index (χ3v) is 7.57. The average molecular weight is 552 g/mol. The number of hydrogen-bond donors (Lipinski definition) is 2. The summed E-state index contributed by atoms with van der Waals surface area (Å²) in [6, 6.07) is 9.87. The minimum Gasteiger partial charge on any atom is -0.481 e. The number of pyridine rings is 1. The largest absolute Gasteiger partial charge is 0.481 e. The van der Waals surface area contributed by atoms with E-state index in [1.807, 2.05) is 0 Å². The van der Waals surface area contributed by atoms with Crippen LogP contribution in [0.5, 0.6) is 11.6 Å². The van der Waals surface area contributed by atoms with Gasteiger partial charge in [-0.05, 0) is 61.9 Å². The minimum atomic E-state index is -1.18. The van der Waals surface area contributed by atoms with E-state index >= 15 is 0 Å². The Kier molecular flexibility index (Phi) is 9.13. The number of carboxylic acids is 1. The lowest BCUT2D eigenvalue weighted by atomic mass is 9.81. The summed E-state index contributed by atoms with van der Waals surface area (Å²) in [4.78, 5) is 46.4. The van der Waals surface area contributed by atoms with Crippen LogP contribution in [0.2, 0.25) is 0 Å². The number of carbonyl (C=O) groups is 1. The lowest BCUT2D eigenvalue weighted by Crippen LogP contribution is -2.47. The van der Waals surface area contributed by atoms with E-state index in [9.17, 15) is 23.9 Å². The monoisotopic (exact) mass is 551 g/mol. The molecular formula is C29H34FN5O5. The number of carboxylic acid groups (broad SMARTS) is 1. The molecule has 11 heteroatoms. The Balaban J connectivity index is 1.65. The molecule has 2 N–H and O–H groups in total. The summed E-state index contributed by atoms with van der Waals surface area (Å²) in [7, 11) is 0. The normalized spacial score (nSPS) is 18.5. The van der Waals surface area contributed by atoms with Gasteiger partial charge in [-0.25, -0.2) is 14.2 Å². The maximum absolute atomic E-state index is 13.7. The Morgan fingerprint density at radius 3 is 2.42 bits per heavy atom. The van der Waals surface area contributed by atoms with Crippen LogP contribution < -0.4 is 21.4 Å². The first kappa shape index (κ1) is 28.7. The molecule has 3 aromatic rings. The third-order valence-electron chi connectivity index (χ3n) is 7.57. The molecule has 4 rings (SSSR count). The van der Waals surface area contributed by atoms with Gasteiger partial charge in [0.2, 0.25) is 17.8 Å². The van der Waals surface area contributed by atoms with Crippen molar-refractivity contribution in [3.8, 4) is 11.6 Å². The van der Waals surface area contributed by atoms with E-state index in [1.54, 1.807) is 24.3 Å². The fourth-order valence-corrected chi connectivity index (χ4v) is 5.16. The molecule has 0 radical (unpaired) electrons. The molecule has 1 fully saturated rings. The first-order valence-corrected chi connectivity index (χ1v) is 13.5. The number of aromatic nitrogens is 4. The van der Waals surface area contributed by atoms with E-state index in [1.165, 1.54) is 35.8 Å². The predicted molar refractivity (Wildman–Crippen MR) is 149 cm³/mol. The Bertz CT molecular complexity index is 1460. The predicted octanol–water partition coefficient (Wildman–Crippen LogP) is 5.14. The van der Waals surface area contributed by atoms with Crippen LogP contribution in [0.25, 0.3) is 0 Å². The van der Waals surface area contributed by atoms with E-state index in [0.717, 1.165) is 36.7 Å². The van der Waals surface area contributed by atoms with Gasteiger partial charge >= 0.3 is 17.3 Å². The molecule has 10 nitrogen and oxygen atoms in total. The third kappa shape index (κ3) is 6.64. The van der Waals surface area contributed by atoms with Crippen molar-refractivity contribution in [2.24, 2.45) is 17.8 Å². The van der Waals surface area contributed by atoms with E-state index in [-0.39, 0.29) is 17.7 Å². The molecule has 0 saturated heterocycles. The number of aliphatic carboxylic acids is 1. The summed E-state index contributed by atoms with van der Waals surface area (Å²) in [6.45, 7) is 7.59. The standard InChI is InChI=1S/C29H34FN5O5/c1-4-19-9-11-20(12-10-19)17-34-27(33-28(38)35(29(34)39)18(3)23(5-2)26(36)37)31-21-13-15-22(16-14-21)40-25-8-6-7-24(30)32-25/h5-8,13-16,18-20,23H,2,4,9-12,17H2,1,3H3,(H,36,37)(H,31,33,38)/t18-,19?,20?,23+/m0/s1. The molecule has 40 heavy (non-hydrogen) atoms. The van der Waals surface area contributed by atoms with Crippen LogP contribution in [0.15, 0.2) is 64.7 Å². The molecule has 212 valence electrons. The number of hydrogen-bond acceptors (Lipinski definition) is 7. The summed E-state index contributed by atoms with van der Waals surface area (Å²) >= 11 is 0. The van der Waals surface area contributed by atoms with Gasteiger partial charge in [0.1, 0.15) is 5.75 Å². The molecule has 0 spiro atoms. The Morgan fingerprint density at radius 2 is 1.82 bits per heavy atom. The quantitative estimate of drug-likeness (QED) is 0.248. The first-order chi connectivity index (χ1) is 19.2. The van der Waals surface area contributed by atoms with E-state index in [2.05, 4.69) is 28.8 Å². The van der Waals surface area contributed by atoms with Crippen molar-refractivity contribution in [2.75, 3.05) is 5.32 Å².